The maximum atomic E-state index is 12.6. The average molecular weight is 409 g/mol. The number of halogens is 3. The van der Waals surface area contributed by atoms with Gasteiger partial charge in [-0.05, 0) is 18.1 Å². The van der Waals surface area contributed by atoms with Gasteiger partial charge < -0.3 is 15.5 Å². The molecule has 0 radical (unpaired) electrons. The molecule has 1 aromatic carbocycles. The summed E-state index contributed by atoms with van der Waals surface area (Å²) in [5, 5.41) is 0.623. The van der Waals surface area contributed by atoms with Gasteiger partial charge in [-0.2, -0.15) is 0 Å². The molecule has 0 bridgehead atoms. The van der Waals surface area contributed by atoms with Crippen molar-refractivity contribution in [3.05, 3.63) is 33.8 Å². The highest BCUT2D eigenvalue weighted by Gasteiger charge is 2.30. The van der Waals surface area contributed by atoms with Crippen molar-refractivity contribution in [3.8, 4) is 0 Å². The molecule has 0 saturated carbocycles. The van der Waals surface area contributed by atoms with Crippen LogP contribution in [0.25, 0.3) is 0 Å². The molecule has 140 valence electrons. The lowest BCUT2D eigenvalue weighted by Gasteiger charge is -2.36. The number of amides is 2. The number of rotatable bonds is 4. The molecule has 1 saturated heterocycles. The quantitative estimate of drug-likeness (QED) is 0.832. The summed E-state index contributed by atoms with van der Waals surface area (Å²) >= 11 is 12.1. The van der Waals surface area contributed by atoms with E-state index in [1.54, 1.807) is 28.0 Å². The Hall–Kier alpha value is -1.01. The summed E-state index contributed by atoms with van der Waals surface area (Å²) in [5.41, 5.74) is 6.41. The van der Waals surface area contributed by atoms with Gasteiger partial charge in [-0.15, -0.1) is 12.4 Å². The molecule has 2 rings (SSSR count). The molecule has 1 heterocycles. The first-order chi connectivity index (χ1) is 11.4. The molecule has 0 spiro atoms. The number of hydrogen-bond donors (Lipinski definition) is 1. The van der Waals surface area contributed by atoms with E-state index in [1.807, 2.05) is 13.8 Å². The number of carbonyl (C=O) groups excluding carboxylic acids is 2. The Morgan fingerprint density at radius 2 is 1.72 bits per heavy atom. The minimum absolute atomic E-state index is 0. The fourth-order valence-electron chi connectivity index (χ4n) is 2.68. The van der Waals surface area contributed by atoms with Crippen molar-refractivity contribution in [3.63, 3.8) is 0 Å². The Morgan fingerprint density at radius 3 is 2.28 bits per heavy atom. The molecular formula is C17H24Cl3N3O2. The lowest BCUT2D eigenvalue weighted by Crippen LogP contribution is -2.55. The van der Waals surface area contributed by atoms with Crippen LogP contribution in [0.2, 0.25) is 10.0 Å². The Labute approximate surface area is 164 Å². The summed E-state index contributed by atoms with van der Waals surface area (Å²) in [6.45, 7) is 5.87. The molecule has 8 heteroatoms. The van der Waals surface area contributed by atoms with Crippen LogP contribution in [0.4, 0.5) is 0 Å². The van der Waals surface area contributed by atoms with Gasteiger partial charge in [-0.3, -0.25) is 9.59 Å². The predicted octanol–water partition coefficient (Wildman–Crippen LogP) is 3.07. The van der Waals surface area contributed by atoms with Crippen LogP contribution in [-0.4, -0.2) is 53.8 Å². The zero-order valence-corrected chi connectivity index (χ0v) is 16.7. The molecule has 1 aliphatic heterocycles. The summed E-state index contributed by atoms with van der Waals surface area (Å²) in [5.74, 6) is -0.0690. The number of nitrogens with two attached hydrogens (primary N) is 1. The van der Waals surface area contributed by atoms with E-state index < -0.39 is 6.04 Å². The zero-order chi connectivity index (χ0) is 17.9. The standard InChI is InChI=1S/C17H23Cl2N3O2.ClH/c1-3-11(2)15(20)17(24)22-9-7-21(8-10-22)16(23)12-5-4-6-13(18)14(12)19;/h4-6,11,15H,3,7-10,20H2,1-2H3;1H. The van der Waals surface area contributed by atoms with Crippen LogP contribution in [0.15, 0.2) is 18.2 Å². The van der Waals surface area contributed by atoms with Crippen molar-refractivity contribution in [1.82, 2.24) is 9.80 Å². The van der Waals surface area contributed by atoms with Crippen LogP contribution in [0.3, 0.4) is 0 Å². The summed E-state index contributed by atoms with van der Waals surface area (Å²) in [7, 11) is 0. The van der Waals surface area contributed by atoms with E-state index in [2.05, 4.69) is 0 Å². The van der Waals surface area contributed by atoms with Crippen LogP contribution < -0.4 is 5.73 Å². The SMILES string of the molecule is CCC(C)C(N)C(=O)N1CCN(C(=O)c2cccc(Cl)c2Cl)CC1.Cl. The van der Waals surface area contributed by atoms with Crippen molar-refractivity contribution in [2.45, 2.75) is 26.3 Å². The summed E-state index contributed by atoms with van der Waals surface area (Å²) in [6.07, 6.45) is 0.860. The molecule has 2 N–H and O–H groups in total. The monoisotopic (exact) mass is 407 g/mol. The van der Waals surface area contributed by atoms with Crippen LogP contribution in [0.5, 0.6) is 0 Å². The number of piperazine rings is 1. The molecule has 2 amide bonds. The van der Waals surface area contributed by atoms with Gasteiger partial charge in [0, 0.05) is 26.2 Å². The van der Waals surface area contributed by atoms with Crippen LogP contribution in [0, 0.1) is 5.92 Å². The molecule has 0 aromatic heterocycles. The minimum Gasteiger partial charge on any atom is -0.338 e. The van der Waals surface area contributed by atoms with Crippen molar-refractivity contribution in [2.24, 2.45) is 11.7 Å². The number of hydrogen-bond acceptors (Lipinski definition) is 3. The van der Waals surface area contributed by atoms with E-state index >= 15 is 0 Å². The van der Waals surface area contributed by atoms with Crippen molar-refractivity contribution < 1.29 is 9.59 Å². The minimum atomic E-state index is -0.486. The van der Waals surface area contributed by atoms with Gasteiger partial charge >= 0.3 is 0 Å². The zero-order valence-electron chi connectivity index (χ0n) is 14.4. The molecule has 1 aromatic rings. The van der Waals surface area contributed by atoms with Gasteiger partial charge in [-0.1, -0.05) is 49.5 Å². The lowest BCUT2D eigenvalue weighted by molar-refractivity contribution is -0.135. The Balaban J connectivity index is 0.00000312. The lowest BCUT2D eigenvalue weighted by atomic mass is 9.98. The van der Waals surface area contributed by atoms with Gasteiger partial charge in [0.2, 0.25) is 5.91 Å². The average Bonchev–Trinajstić information content (AvgIpc) is 2.61. The van der Waals surface area contributed by atoms with Gasteiger partial charge in [0.25, 0.3) is 5.91 Å². The van der Waals surface area contributed by atoms with E-state index in [-0.39, 0.29) is 35.2 Å². The largest absolute Gasteiger partial charge is 0.338 e. The summed E-state index contributed by atoms with van der Waals surface area (Å²) in [6, 6.07) is 4.52. The molecule has 2 unspecified atom stereocenters. The summed E-state index contributed by atoms with van der Waals surface area (Å²) in [4.78, 5) is 28.4. The van der Waals surface area contributed by atoms with Gasteiger partial charge in [0.15, 0.2) is 0 Å². The fraction of sp³-hybridized carbons (Fsp3) is 0.529. The highest BCUT2D eigenvalue weighted by Crippen LogP contribution is 2.26. The first-order valence-electron chi connectivity index (χ1n) is 8.14. The number of nitrogens with zero attached hydrogens (tertiary/aromatic N) is 2. The third-order valence-corrected chi connectivity index (χ3v) is 5.42. The van der Waals surface area contributed by atoms with E-state index in [9.17, 15) is 9.59 Å². The normalized spacial score (nSPS) is 16.8. The maximum Gasteiger partial charge on any atom is 0.255 e. The van der Waals surface area contributed by atoms with E-state index in [0.717, 1.165) is 6.42 Å². The van der Waals surface area contributed by atoms with E-state index in [4.69, 9.17) is 28.9 Å². The molecule has 2 atom stereocenters. The molecule has 1 aliphatic rings. The van der Waals surface area contributed by atoms with Crippen LogP contribution >= 0.6 is 35.6 Å². The third kappa shape index (κ3) is 5.00. The third-order valence-electron chi connectivity index (χ3n) is 4.60. The molecule has 1 fully saturated rings. The van der Waals surface area contributed by atoms with Crippen LogP contribution in [0.1, 0.15) is 30.6 Å². The highest BCUT2D eigenvalue weighted by molar-refractivity contribution is 6.43. The smallest absolute Gasteiger partial charge is 0.255 e. The number of benzene rings is 1. The second-order valence-electron chi connectivity index (χ2n) is 6.13. The predicted molar refractivity (Wildman–Crippen MR) is 104 cm³/mol. The van der Waals surface area contributed by atoms with Crippen molar-refractivity contribution in [1.29, 1.82) is 0 Å². The Morgan fingerprint density at radius 1 is 1.16 bits per heavy atom. The molecule has 25 heavy (non-hydrogen) atoms. The van der Waals surface area contributed by atoms with Crippen molar-refractivity contribution in [2.75, 3.05) is 26.2 Å². The van der Waals surface area contributed by atoms with Gasteiger partial charge in [0.05, 0.1) is 21.7 Å². The molecule has 0 aliphatic carbocycles. The first-order valence-corrected chi connectivity index (χ1v) is 8.90. The van der Waals surface area contributed by atoms with Crippen LogP contribution in [-0.2, 0) is 4.79 Å². The van der Waals surface area contributed by atoms with E-state index in [1.165, 1.54) is 0 Å². The molecular weight excluding hydrogens is 385 g/mol. The van der Waals surface area contributed by atoms with Crippen molar-refractivity contribution >= 4 is 47.4 Å². The highest BCUT2D eigenvalue weighted by atomic mass is 35.5. The number of carbonyl (C=O) groups is 2. The second kappa shape index (κ2) is 9.62. The topological polar surface area (TPSA) is 66.6 Å². The van der Waals surface area contributed by atoms with Gasteiger partial charge in [-0.25, -0.2) is 0 Å². The Kier molecular flexibility index (Phi) is 8.48. The fourth-order valence-corrected chi connectivity index (χ4v) is 3.06. The first kappa shape index (κ1) is 22.0. The van der Waals surface area contributed by atoms with Gasteiger partial charge in [0.1, 0.15) is 0 Å². The molecule has 5 nitrogen and oxygen atoms in total. The Bertz CT molecular complexity index is 619. The van der Waals surface area contributed by atoms with E-state index in [0.29, 0.717) is 36.8 Å². The summed E-state index contributed by atoms with van der Waals surface area (Å²) < 4.78 is 0. The maximum absolute atomic E-state index is 12.6. The second-order valence-corrected chi connectivity index (χ2v) is 6.92.